The molecule has 0 spiro atoms. The number of aliphatic hydroxyl groups is 1. The Kier molecular flexibility index (Phi) is 10.8. The summed E-state index contributed by atoms with van der Waals surface area (Å²) in [6.07, 6.45) is -0.241. The third kappa shape index (κ3) is 8.64. The second-order valence-corrected chi connectivity index (χ2v) is 15.4. The van der Waals surface area contributed by atoms with E-state index in [0.29, 0.717) is 25.9 Å². The second-order valence-electron chi connectivity index (χ2n) is 14.6. The van der Waals surface area contributed by atoms with Crippen molar-refractivity contribution in [2.24, 2.45) is 11.3 Å². The van der Waals surface area contributed by atoms with E-state index < -0.39 is 41.2 Å². The average Bonchev–Trinajstić information content (AvgIpc) is 3.59. The number of carbonyl (C=O) groups excluding carboxylic acids is 4. The van der Waals surface area contributed by atoms with E-state index in [-0.39, 0.29) is 36.7 Å². The van der Waals surface area contributed by atoms with Gasteiger partial charge < -0.3 is 30.3 Å². The molecule has 2 saturated heterocycles. The highest BCUT2D eigenvalue weighted by molar-refractivity contribution is 7.13. The van der Waals surface area contributed by atoms with Crippen LogP contribution in [0.5, 0.6) is 0 Å². The first-order valence-electron chi connectivity index (χ1n) is 16.0. The predicted octanol–water partition coefficient (Wildman–Crippen LogP) is 4.44. The van der Waals surface area contributed by atoms with Gasteiger partial charge in [0.2, 0.25) is 17.7 Å². The third-order valence-electron chi connectivity index (χ3n) is 8.56. The summed E-state index contributed by atoms with van der Waals surface area (Å²) in [6.45, 7) is 15.7. The number of benzene rings is 1. The van der Waals surface area contributed by atoms with Gasteiger partial charge in [-0.05, 0) is 64.0 Å². The van der Waals surface area contributed by atoms with Crippen LogP contribution in [0.1, 0.15) is 85.0 Å². The van der Waals surface area contributed by atoms with Crippen LogP contribution in [0.3, 0.4) is 0 Å². The van der Waals surface area contributed by atoms with E-state index in [1.165, 1.54) is 4.90 Å². The molecule has 3 heterocycles. The van der Waals surface area contributed by atoms with E-state index >= 15 is 0 Å². The Morgan fingerprint density at radius 1 is 1.00 bits per heavy atom. The van der Waals surface area contributed by atoms with Gasteiger partial charge in [-0.1, -0.05) is 45.0 Å². The lowest BCUT2D eigenvalue weighted by molar-refractivity contribution is -0.145. The van der Waals surface area contributed by atoms with Gasteiger partial charge in [-0.15, -0.1) is 11.3 Å². The van der Waals surface area contributed by atoms with Crippen LogP contribution in [0.2, 0.25) is 0 Å². The molecule has 11 nitrogen and oxygen atoms in total. The molecule has 4 amide bonds. The zero-order valence-electron chi connectivity index (χ0n) is 28.3. The smallest absolute Gasteiger partial charge is 0.410 e. The molecule has 0 saturated carbocycles. The van der Waals surface area contributed by atoms with Crippen molar-refractivity contribution in [2.45, 2.75) is 104 Å². The Labute approximate surface area is 276 Å². The Bertz CT molecular complexity index is 1400. The van der Waals surface area contributed by atoms with Gasteiger partial charge in [0.15, 0.2) is 0 Å². The molecule has 0 bridgehead atoms. The maximum Gasteiger partial charge on any atom is 0.410 e. The number of aromatic nitrogens is 1. The highest BCUT2D eigenvalue weighted by Gasteiger charge is 2.45. The number of aliphatic hydroxyl groups excluding tert-OH is 1. The number of likely N-dealkylation sites (tertiary alicyclic amines) is 2. The SMILES string of the molecule is Cc1ncsc1-c1ccc([C@H](C)NC(=O)[C@@H]2C[C@@H](O)CN2C(=O)C(NC(=O)C2CCN(C(=O)OC(C)(C)C)CC2)C(C)(C)C)cc1. The van der Waals surface area contributed by atoms with Crippen molar-refractivity contribution in [3.05, 3.63) is 41.0 Å². The van der Waals surface area contributed by atoms with E-state index in [9.17, 15) is 24.3 Å². The van der Waals surface area contributed by atoms with E-state index in [1.807, 2.05) is 85.2 Å². The molecule has 0 aliphatic carbocycles. The zero-order valence-corrected chi connectivity index (χ0v) is 29.1. The fourth-order valence-corrected chi connectivity index (χ4v) is 6.74. The zero-order chi connectivity index (χ0) is 34.0. The van der Waals surface area contributed by atoms with Gasteiger partial charge in [0.1, 0.15) is 17.7 Å². The standard InChI is InChI=1S/C34H49N5O6S/c1-20(22-9-11-23(12-10-22)27-21(2)35-19-46-27)36-30(42)26-17-25(40)18-39(26)31(43)28(33(3,4)5)37-29(41)24-13-15-38(16-14-24)32(44)45-34(6,7)8/h9-12,19-20,24-26,28,40H,13-18H2,1-8H3,(H,36,42)(H,37,41)/t20-,25+,26-,28?/m0/s1. The second kappa shape index (κ2) is 14.1. The summed E-state index contributed by atoms with van der Waals surface area (Å²) in [6, 6.07) is 5.83. The number of amides is 4. The maximum absolute atomic E-state index is 14.0. The predicted molar refractivity (Wildman–Crippen MR) is 177 cm³/mol. The fourth-order valence-electron chi connectivity index (χ4n) is 5.93. The number of nitrogens with zero attached hydrogens (tertiary/aromatic N) is 3. The van der Waals surface area contributed by atoms with Gasteiger partial charge in [0.25, 0.3) is 0 Å². The maximum atomic E-state index is 14.0. The molecule has 1 unspecified atom stereocenters. The quantitative estimate of drug-likeness (QED) is 0.401. The number of aryl methyl sites for hydroxylation is 1. The summed E-state index contributed by atoms with van der Waals surface area (Å²) in [4.78, 5) is 61.9. The first-order valence-corrected chi connectivity index (χ1v) is 16.9. The molecular formula is C34H49N5O6S. The van der Waals surface area contributed by atoms with Crippen molar-refractivity contribution in [2.75, 3.05) is 19.6 Å². The summed E-state index contributed by atoms with van der Waals surface area (Å²) in [5.74, 6) is -1.38. The van der Waals surface area contributed by atoms with Crippen molar-refractivity contribution < 1.29 is 29.0 Å². The Morgan fingerprint density at radius 3 is 2.17 bits per heavy atom. The number of rotatable bonds is 7. The van der Waals surface area contributed by atoms with Crippen molar-refractivity contribution >= 4 is 35.2 Å². The molecule has 4 rings (SSSR count). The summed E-state index contributed by atoms with van der Waals surface area (Å²) in [7, 11) is 0. The first-order chi connectivity index (χ1) is 21.4. The molecule has 2 aliphatic heterocycles. The van der Waals surface area contributed by atoms with Gasteiger partial charge in [-0.25, -0.2) is 9.78 Å². The molecule has 1 aromatic carbocycles. The number of nitrogens with one attached hydrogen (secondary N) is 2. The van der Waals surface area contributed by atoms with Crippen LogP contribution < -0.4 is 10.6 Å². The third-order valence-corrected chi connectivity index (χ3v) is 9.54. The lowest BCUT2D eigenvalue weighted by Gasteiger charge is -2.37. The molecule has 3 N–H and O–H groups in total. The molecule has 46 heavy (non-hydrogen) atoms. The molecule has 1 aromatic heterocycles. The van der Waals surface area contributed by atoms with E-state index in [2.05, 4.69) is 15.6 Å². The van der Waals surface area contributed by atoms with Crippen LogP contribution in [0, 0.1) is 18.3 Å². The van der Waals surface area contributed by atoms with E-state index in [4.69, 9.17) is 4.74 Å². The fraction of sp³-hybridized carbons (Fsp3) is 0.618. The van der Waals surface area contributed by atoms with Crippen LogP contribution in [-0.4, -0.2) is 87.1 Å². The van der Waals surface area contributed by atoms with Gasteiger partial charge in [-0.3, -0.25) is 14.4 Å². The molecule has 252 valence electrons. The van der Waals surface area contributed by atoms with E-state index in [1.54, 1.807) is 16.2 Å². The van der Waals surface area contributed by atoms with Crippen LogP contribution in [0.4, 0.5) is 4.79 Å². The molecule has 4 atom stereocenters. The Morgan fingerprint density at radius 2 is 1.63 bits per heavy atom. The number of β-amino-alcohol motifs (C(OH)–C–C–N with tert-alkyl or cyclic N) is 1. The topological polar surface area (TPSA) is 141 Å². The van der Waals surface area contributed by atoms with Gasteiger partial charge in [0.05, 0.1) is 28.2 Å². The summed E-state index contributed by atoms with van der Waals surface area (Å²) in [5.41, 5.74) is 3.49. The number of ether oxygens (including phenoxy) is 1. The monoisotopic (exact) mass is 655 g/mol. The highest BCUT2D eigenvalue weighted by atomic mass is 32.1. The number of hydrogen-bond donors (Lipinski definition) is 3. The lowest BCUT2D eigenvalue weighted by Crippen LogP contribution is -2.59. The highest BCUT2D eigenvalue weighted by Crippen LogP contribution is 2.30. The van der Waals surface area contributed by atoms with Gasteiger partial charge in [0, 0.05) is 32.0 Å². The number of piperidine rings is 1. The first kappa shape index (κ1) is 35.3. The minimum absolute atomic E-state index is 0.00489. The summed E-state index contributed by atoms with van der Waals surface area (Å²) >= 11 is 1.58. The van der Waals surface area contributed by atoms with Crippen LogP contribution in [0.25, 0.3) is 10.4 Å². The van der Waals surface area contributed by atoms with Crippen LogP contribution in [0.15, 0.2) is 29.8 Å². The summed E-state index contributed by atoms with van der Waals surface area (Å²) in [5, 5.41) is 16.6. The van der Waals surface area contributed by atoms with Gasteiger partial charge in [-0.2, -0.15) is 0 Å². The van der Waals surface area contributed by atoms with Crippen molar-refractivity contribution in [3.63, 3.8) is 0 Å². The minimum Gasteiger partial charge on any atom is -0.444 e. The van der Waals surface area contributed by atoms with Gasteiger partial charge >= 0.3 is 6.09 Å². The molecule has 0 radical (unpaired) electrons. The Hall–Kier alpha value is -3.51. The molecule has 2 fully saturated rings. The summed E-state index contributed by atoms with van der Waals surface area (Å²) < 4.78 is 5.46. The molecular weight excluding hydrogens is 606 g/mol. The number of carbonyl (C=O) groups is 4. The van der Waals surface area contributed by atoms with E-state index in [0.717, 1.165) is 21.7 Å². The minimum atomic E-state index is -0.912. The lowest BCUT2D eigenvalue weighted by atomic mass is 9.84. The largest absolute Gasteiger partial charge is 0.444 e. The molecule has 12 heteroatoms. The molecule has 2 aliphatic rings. The molecule has 2 aromatic rings. The van der Waals surface area contributed by atoms with Crippen LogP contribution in [-0.2, 0) is 19.1 Å². The number of hydrogen-bond acceptors (Lipinski definition) is 8. The van der Waals surface area contributed by atoms with Crippen molar-refractivity contribution in [1.82, 2.24) is 25.4 Å². The van der Waals surface area contributed by atoms with Crippen molar-refractivity contribution in [3.8, 4) is 10.4 Å². The van der Waals surface area contributed by atoms with Crippen LogP contribution >= 0.6 is 11.3 Å². The normalized spacial score (nSPS) is 20.6. The average molecular weight is 656 g/mol. The number of thiazole rings is 1. The van der Waals surface area contributed by atoms with Crippen molar-refractivity contribution in [1.29, 1.82) is 0 Å². The Balaban J connectivity index is 1.39.